The molecule has 1 saturated heterocycles. The van der Waals surface area contributed by atoms with Crippen LogP contribution in [0.5, 0.6) is 0 Å². The summed E-state index contributed by atoms with van der Waals surface area (Å²) < 4.78 is 13.3. The third-order valence-electron chi connectivity index (χ3n) is 6.20. The predicted octanol–water partition coefficient (Wildman–Crippen LogP) is 2.82. The van der Waals surface area contributed by atoms with Crippen molar-refractivity contribution in [3.05, 3.63) is 77.0 Å². The first kappa shape index (κ1) is 21.1. The number of aromatic nitrogens is 4. The smallest absolute Gasteiger partial charge is 0.274 e. The van der Waals surface area contributed by atoms with Crippen LogP contribution in [0.2, 0.25) is 0 Å². The third-order valence-corrected chi connectivity index (χ3v) is 6.20. The van der Waals surface area contributed by atoms with Crippen LogP contribution in [-0.4, -0.2) is 49.7 Å². The van der Waals surface area contributed by atoms with Crippen LogP contribution in [0.25, 0.3) is 0 Å². The largest absolute Gasteiger partial charge is 0.337 e. The van der Waals surface area contributed by atoms with E-state index in [1.54, 1.807) is 21.9 Å². The molecule has 1 aromatic carbocycles. The Kier molecular flexibility index (Phi) is 5.53. The second kappa shape index (κ2) is 8.65. The van der Waals surface area contributed by atoms with Gasteiger partial charge in [-0.05, 0) is 37.5 Å². The number of anilines is 1. The lowest BCUT2D eigenvalue weighted by atomic mass is 9.96. The lowest BCUT2D eigenvalue weighted by molar-refractivity contribution is -0.117. The van der Waals surface area contributed by atoms with Crippen molar-refractivity contribution < 1.29 is 14.0 Å². The molecule has 0 spiro atoms. The minimum absolute atomic E-state index is 0.0354. The quantitative estimate of drug-likeness (QED) is 0.612. The summed E-state index contributed by atoms with van der Waals surface area (Å²) in [7, 11) is 0. The number of hydrogen-bond acceptors (Lipinski definition) is 6. The molecule has 0 N–H and O–H groups in total. The highest BCUT2D eigenvalue weighted by atomic mass is 19.1. The van der Waals surface area contributed by atoms with E-state index in [1.807, 2.05) is 6.92 Å². The van der Waals surface area contributed by atoms with E-state index in [9.17, 15) is 14.0 Å². The van der Waals surface area contributed by atoms with Gasteiger partial charge in [0.15, 0.2) is 0 Å². The number of fused-ring (bicyclic) bond motifs is 1. The molecule has 0 saturated carbocycles. The molecule has 0 aliphatic carbocycles. The second-order valence-corrected chi connectivity index (χ2v) is 8.43. The van der Waals surface area contributed by atoms with Crippen molar-refractivity contribution in [2.45, 2.75) is 38.6 Å². The number of benzene rings is 1. The molecule has 3 aromatic rings. The second-order valence-electron chi connectivity index (χ2n) is 8.43. The lowest BCUT2D eigenvalue weighted by Gasteiger charge is -2.32. The highest BCUT2D eigenvalue weighted by Gasteiger charge is 2.34. The first-order valence-corrected chi connectivity index (χ1v) is 11.0. The fourth-order valence-corrected chi connectivity index (χ4v) is 4.46. The number of aryl methyl sites for hydroxylation is 1. The number of halogens is 1. The summed E-state index contributed by atoms with van der Waals surface area (Å²) in [4.78, 5) is 46.7. The van der Waals surface area contributed by atoms with Gasteiger partial charge >= 0.3 is 0 Å². The van der Waals surface area contributed by atoms with Crippen LogP contribution >= 0.6 is 0 Å². The Morgan fingerprint density at radius 1 is 1.18 bits per heavy atom. The molecule has 1 atom stereocenters. The minimum Gasteiger partial charge on any atom is -0.337 e. The van der Waals surface area contributed by atoms with Gasteiger partial charge in [-0.2, -0.15) is 0 Å². The van der Waals surface area contributed by atoms with Crippen molar-refractivity contribution in [2.75, 3.05) is 18.0 Å². The topological polar surface area (TPSA) is 92.2 Å². The Hall–Kier alpha value is -3.75. The number of hydrogen-bond donors (Lipinski definition) is 0. The average Bonchev–Trinajstić information content (AvgIpc) is 3.16. The molecular weight excluding hydrogens is 423 g/mol. The van der Waals surface area contributed by atoms with Gasteiger partial charge < -0.3 is 4.90 Å². The Labute approximate surface area is 190 Å². The molecule has 4 heterocycles. The summed E-state index contributed by atoms with van der Waals surface area (Å²) in [6, 6.07) is 6.12. The van der Waals surface area contributed by atoms with Crippen molar-refractivity contribution in [1.82, 2.24) is 24.8 Å². The van der Waals surface area contributed by atoms with Gasteiger partial charge in [-0.15, -0.1) is 0 Å². The van der Waals surface area contributed by atoms with E-state index in [0.717, 1.165) is 29.7 Å². The van der Waals surface area contributed by atoms with Gasteiger partial charge in [0.25, 0.3) is 5.91 Å². The summed E-state index contributed by atoms with van der Waals surface area (Å²) in [6.45, 7) is 3.35. The zero-order valence-corrected chi connectivity index (χ0v) is 18.2. The van der Waals surface area contributed by atoms with Crippen LogP contribution in [-0.2, 0) is 17.8 Å². The summed E-state index contributed by atoms with van der Waals surface area (Å²) in [5, 5.41) is 0. The van der Waals surface area contributed by atoms with E-state index in [0.29, 0.717) is 37.0 Å². The average molecular weight is 446 g/mol. The zero-order chi connectivity index (χ0) is 22.9. The monoisotopic (exact) mass is 446 g/mol. The molecule has 1 fully saturated rings. The van der Waals surface area contributed by atoms with E-state index in [-0.39, 0.29) is 30.0 Å². The maximum Gasteiger partial charge on any atom is 0.274 e. The van der Waals surface area contributed by atoms with Gasteiger partial charge in [0.05, 0.1) is 19.2 Å². The third kappa shape index (κ3) is 4.18. The fraction of sp³-hybridized carbons (Fsp3) is 0.333. The minimum atomic E-state index is -0.315. The van der Waals surface area contributed by atoms with Crippen molar-refractivity contribution in [3.8, 4) is 0 Å². The molecule has 9 heteroatoms. The Morgan fingerprint density at radius 2 is 2.00 bits per heavy atom. The Balaban J connectivity index is 1.40. The van der Waals surface area contributed by atoms with Gasteiger partial charge in [0, 0.05) is 42.7 Å². The van der Waals surface area contributed by atoms with Crippen LogP contribution in [0.3, 0.4) is 0 Å². The number of amides is 2. The maximum atomic E-state index is 13.3. The Morgan fingerprint density at radius 3 is 2.76 bits per heavy atom. The molecule has 2 amide bonds. The van der Waals surface area contributed by atoms with Crippen LogP contribution in [0, 0.1) is 12.7 Å². The van der Waals surface area contributed by atoms with Gasteiger partial charge in [-0.1, -0.05) is 12.1 Å². The number of rotatable bonds is 4. The van der Waals surface area contributed by atoms with Crippen LogP contribution in [0.4, 0.5) is 10.2 Å². The number of nitrogens with zero attached hydrogens (tertiary/aromatic N) is 6. The highest BCUT2D eigenvalue weighted by molar-refractivity contribution is 6.00. The number of piperidine rings is 1. The van der Waals surface area contributed by atoms with Gasteiger partial charge in [0.2, 0.25) is 5.91 Å². The van der Waals surface area contributed by atoms with Crippen LogP contribution < -0.4 is 4.90 Å². The van der Waals surface area contributed by atoms with E-state index in [4.69, 9.17) is 9.97 Å². The summed E-state index contributed by atoms with van der Waals surface area (Å²) in [5.74, 6) is 0.702. The van der Waals surface area contributed by atoms with Gasteiger partial charge in [-0.25, -0.2) is 19.3 Å². The van der Waals surface area contributed by atoms with Crippen molar-refractivity contribution in [1.29, 1.82) is 0 Å². The van der Waals surface area contributed by atoms with Gasteiger partial charge in [-0.3, -0.25) is 19.5 Å². The first-order valence-electron chi connectivity index (χ1n) is 11.0. The number of carbonyl (C=O) groups excluding carboxylic acids is 2. The lowest BCUT2D eigenvalue weighted by Crippen LogP contribution is -2.40. The zero-order valence-electron chi connectivity index (χ0n) is 18.2. The maximum absolute atomic E-state index is 13.3. The molecule has 5 rings (SSSR count). The summed E-state index contributed by atoms with van der Waals surface area (Å²) in [6.07, 6.45) is 6.46. The normalized spacial score (nSPS) is 17.9. The number of likely N-dealkylation sites (tertiary alicyclic amines) is 1. The molecule has 0 bridgehead atoms. The van der Waals surface area contributed by atoms with Crippen LogP contribution in [0.1, 0.15) is 51.9 Å². The standard InChI is InChI=1S/C24H23FN6O2/c1-15-19-11-21(32)31(13-16-4-6-18(25)7-5-16)23(19)29-22(28-15)17-3-2-10-30(14-17)24(33)20-12-26-8-9-27-20/h4-9,12,17H,2-3,10-11,13-14H2,1H3/t17-/m1/s1. The van der Waals surface area contributed by atoms with E-state index in [1.165, 1.54) is 30.7 Å². The molecule has 0 radical (unpaired) electrons. The molecule has 2 aromatic heterocycles. The van der Waals surface area contributed by atoms with Crippen molar-refractivity contribution >= 4 is 17.6 Å². The Bertz CT molecular complexity index is 1200. The SMILES string of the molecule is Cc1nc([C@@H]2CCCN(C(=O)c3cnccn3)C2)nc2c1CC(=O)N2Cc1ccc(F)cc1. The molecule has 8 nitrogen and oxygen atoms in total. The van der Waals surface area contributed by atoms with E-state index < -0.39 is 0 Å². The first-order chi connectivity index (χ1) is 16.0. The summed E-state index contributed by atoms with van der Waals surface area (Å²) >= 11 is 0. The van der Waals surface area contributed by atoms with Crippen molar-refractivity contribution in [3.63, 3.8) is 0 Å². The highest BCUT2D eigenvalue weighted by Crippen LogP contribution is 2.33. The molecule has 2 aliphatic heterocycles. The van der Waals surface area contributed by atoms with Crippen LogP contribution in [0.15, 0.2) is 42.9 Å². The predicted molar refractivity (Wildman–Crippen MR) is 118 cm³/mol. The molecule has 33 heavy (non-hydrogen) atoms. The van der Waals surface area contributed by atoms with E-state index in [2.05, 4.69) is 9.97 Å². The van der Waals surface area contributed by atoms with Crippen molar-refractivity contribution in [2.24, 2.45) is 0 Å². The summed E-state index contributed by atoms with van der Waals surface area (Å²) in [5.41, 5.74) is 2.76. The molecular formula is C24H23FN6O2. The number of carbonyl (C=O) groups is 2. The fourth-order valence-electron chi connectivity index (χ4n) is 4.46. The van der Waals surface area contributed by atoms with Gasteiger partial charge in [0.1, 0.15) is 23.2 Å². The van der Waals surface area contributed by atoms with E-state index >= 15 is 0 Å². The molecule has 2 aliphatic rings. The molecule has 168 valence electrons. The molecule has 0 unspecified atom stereocenters.